The lowest BCUT2D eigenvalue weighted by molar-refractivity contribution is 0.589. The summed E-state index contributed by atoms with van der Waals surface area (Å²) >= 11 is 0. The van der Waals surface area contributed by atoms with Gasteiger partial charge in [-0.1, -0.05) is 26.0 Å². The van der Waals surface area contributed by atoms with Gasteiger partial charge >= 0.3 is 0 Å². The van der Waals surface area contributed by atoms with Crippen LogP contribution in [0.3, 0.4) is 0 Å². The molecule has 4 nitrogen and oxygen atoms in total. The van der Waals surface area contributed by atoms with Gasteiger partial charge in [0.1, 0.15) is 0 Å². The molecule has 1 atom stereocenters. The average molecular weight is 256 g/mol. The molecule has 1 aromatic rings. The first kappa shape index (κ1) is 14.0. The summed E-state index contributed by atoms with van der Waals surface area (Å²) in [5.74, 6) is 0.434. The Bertz CT molecular complexity index is 452. The highest BCUT2D eigenvalue weighted by Gasteiger charge is 2.18. The van der Waals surface area contributed by atoms with Gasteiger partial charge in [0.2, 0.25) is 10.0 Å². The minimum absolute atomic E-state index is 0.111. The first-order valence-electron chi connectivity index (χ1n) is 5.68. The summed E-state index contributed by atoms with van der Waals surface area (Å²) in [4.78, 5) is 0. The fourth-order valence-corrected chi connectivity index (χ4v) is 2.25. The van der Waals surface area contributed by atoms with E-state index >= 15 is 0 Å². The van der Waals surface area contributed by atoms with Crippen molar-refractivity contribution in [1.29, 1.82) is 0 Å². The SMILES string of the molecule is CC(C)c1ccc(NS(=O)(=O)C(C)CN)cc1. The van der Waals surface area contributed by atoms with Crippen molar-refractivity contribution in [3.8, 4) is 0 Å². The first-order valence-corrected chi connectivity index (χ1v) is 7.23. The number of sulfonamides is 1. The highest BCUT2D eigenvalue weighted by Crippen LogP contribution is 2.18. The van der Waals surface area contributed by atoms with Crippen LogP contribution in [0.5, 0.6) is 0 Å². The summed E-state index contributed by atoms with van der Waals surface area (Å²) in [7, 11) is -3.37. The lowest BCUT2D eigenvalue weighted by atomic mass is 10.0. The molecule has 0 saturated carbocycles. The number of hydrogen-bond acceptors (Lipinski definition) is 3. The van der Waals surface area contributed by atoms with Gasteiger partial charge in [-0.05, 0) is 30.5 Å². The van der Waals surface area contributed by atoms with E-state index in [1.54, 1.807) is 19.1 Å². The minimum Gasteiger partial charge on any atom is -0.329 e. The number of nitrogens with two attached hydrogens (primary N) is 1. The molecule has 0 aliphatic heterocycles. The van der Waals surface area contributed by atoms with Gasteiger partial charge in [-0.25, -0.2) is 8.42 Å². The molecule has 0 bridgehead atoms. The van der Waals surface area contributed by atoms with Gasteiger partial charge in [-0.15, -0.1) is 0 Å². The smallest absolute Gasteiger partial charge is 0.236 e. The zero-order valence-electron chi connectivity index (χ0n) is 10.5. The van der Waals surface area contributed by atoms with Gasteiger partial charge in [0.25, 0.3) is 0 Å². The molecule has 3 N–H and O–H groups in total. The molecule has 1 aromatic carbocycles. The molecule has 1 unspecified atom stereocenters. The van der Waals surface area contributed by atoms with Gasteiger partial charge in [0.05, 0.1) is 5.25 Å². The predicted molar refractivity (Wildman–Crippen MR) is 71.6 cm³/mol. The molecule has 5 heteroatoms. The molecule has 0 saturated heterocycles. The van der Waals surface area contributed by atoms with E-state index in [0.717, 1.165) is 0 Å². The second-order valence-electron chi connectivity index (χ2n) is 4.47. The Kier molecular flexibility index (Phi) is 4.54. The molecular formula is C12H20N2O2S. The fourth-order valence-electron chi connectivity index (χ4n) is 1.33. The third-order valence-electron chi connectivity index (χ3n) is 2.70. The highest BCUT2D eigenvalue weighted by atomic mass is 32.2. The Hall–Kier alpha value is -1.07. The van der Waals surface area contributed by atoms with Gasteiger partial charge in [0, 0.05) is 12.2 Å². The van der Waals surface area contributed by atoms with E-state index in [9.17, 15) is 8.42 Å². The van der Waals surface area contributed by atoms with Crippen LogP contribution in [0.1, 0.15) is 32.3 Å². The monoisotopic (exact) mass is 256 g/mol. The quantitative estimate of drug-likeness (QED) is 0.845. The molecule has 0 aliphatic carbocycles. The van der Waals surface area contributed by atoms with Crippen molar-refractivity contribution in [2.45, 2.75) is 31.9 Å². The molecular weight excluding hydrogens is 236 g/mol. The molecule has 0 aliphatic rings. The lowest BCUT2D eigenvalue weighted by Gasteiger charge is -2.13. The fraction of sp³-hybridized carbons (Fsp3) is 0.500. The second-order valence-corrected chi connectivity index (χ2v) is 6.57. The van der Waals surface area contributed by atoms with Crippen LogP contribution < -0.4 is 10.5 Å². The third kappa shape index (κ3) is 3.71. The Balaban J connectivity index is 2.83. The van der Waals surface area contributed by atoms with Crippen molar-refractivity contribution < 1.29 is 8.42 Å². The molecule has 17 heavy (non-hydrogen) atoms. The number of anilines is 1. The lowest BCUT2D eigenvalue weighted by Crippen LogP contribution is -2.31. The van der Waals surface area contributed by atoms with Crippen LogP contribution in [0, 0.1) is 0 Å². The van der Waals surface area contributed by atoms with E-state index in [4.69, 9.17) is 5.73 Å². The van der Waals surface area contributed by atoms with Crippen LogP contribution in [-0.4, -0.2) is 20.2 Å². The average Bonchev–Trinajstić information content (AvgIpc) is 2.28. The number of hydrogen-bond donors (Lipinski definition) is 2. The van der Waals surface area contributed by atoms with Crippen LogP contribution in [0.4, 0.5) is 5.69 Å². The summed E-state index contributed by atoms with van der Waals surface area (Å²) in [6.45, 7) is 5.88. The number of benzene rings is 1. The second kappa shape index (κ2) is 5.51. The van der Waals surface area contributed by atoms with Crippen LogP contribution in [-0.2, 0) is 10.0 Å². The van der Waals surface area contributed by atoms with Crippen molar-refractivity contribution in [1.82, 2.24) is 0 Å². The largest absolute Gasteiger partial charge is 0.329 e. The summed E-state index contributed by atoms with van der Waals surface area (Å²) in [5.41, 5.74) is 7.12. The van der Waals surface area contributed by atoms with Crippen molar-refractivity contribution in [3.63, 3.8) is 0 Å². The van der Waals surface area contributed by atoms with Crippen molar-refractivity contribution >= 4 is 15.7 Å². The van der Waals surface area contributed by atoms with Crippen LogP contribution in [0.2, 0.25) is 0 Å². The molecule has 0 radical (unpaired) electrons. The molecule has 0 spiro atoms. The Morgan fingerprint density at radius 3 is 2.12 bits per heavy atom. The maximum atomic E-state index is 11.8. The van der Waals surface area contributed by atoms with Gasteiger partial charge in [-0.2, -0.15) is 0 Å². The summed E-state index contributed by atoms with van der Waals surface area (Å²) in [6, 6.07) is 7.40. The predicted octanol–water partition coefficient (Wildman–Crippen LogP) is 1.90. The van der Waals surface area contributed by atoms with Gasteiger partial charge < -0.3 is 5.73 Å². The maximum Gasteiger partial charge on any atom is 0.236 e. The third-order valence-corrected chi connectivity index (χ3v) is 4.47. The van der Waals surface area contributed by atoms with E-state index < -0.39 is 15.3 Å². The Labute approximate surface area is 103 Å². The first-order chi connectivity index (χ1) is 7.86. The topological polar surface area (TPSA) is 72.2 Å². The van der Waals surface area contributed by atoms with Crippen molar-refractivity contribution in [2.75, 3.05) is 11.3 Å². The molecule has 0 amide bonds. The minimum atomic E-state index is -3.37. The van der Waals surface area contributed by atoms with Crippen molar-refractivity contribution in [3.05, 3.63) is 29.8 Å². The van der Waals surface area contributed by atoms with E-state index in [2.05, 4.69) is 18.6 Å². The van der Waals surface area contributed by atoms with Gasteiger partial charge in [-0.3, -0.25) is 4.72 Å². The zero-order chi connectivity index (χ0) is 13.1. The number of rotatable bonds is 5. The Morgan fingerprint density at radius 1 is 1.18 bits per heavy atom. The molecule has 0 fully saturated rings. The molecule has 96 valence electrons. The normalized spacial score (nSPS) is 13.7. The zero-order valence-corrected chi connectivity index (χ0v) is 11.3. The molecule has 1 rings (SSSR count). The maximum absolute atomic E-state index is 11.8. The van der Waals surface area contributed by atoms with E-state index in [1.807, 2.05) is 12.1 Å². The highest BCUT2D eigenvalue weighted by molar-refractivity contribution is 7.93. The van der Waals surface area contributed by atoms with Gasteiger partial charge in [0.15, 0.2) is 0 Å². The summed E-state index contributed by atoms with van der Waals surface area (Å²) < 4.78 is 26.0. The van der Waals surface area contributed by atoms with E-state index in [0.29, 0.717) is 11.6 Å². The van der Waals surface area contributed by atoms with Crippen LogP contribution in [0.15, 0.2) is 24.3 Å². The van der Waals surface area contributed by atoms with E-state index in [-0.39, 0.29) is 6.54 Å². The van der Waals surface area contributed by atoms with Crippen LogP contribution >= 0.6 is 0 Å². The molecule has 0 heterocycles. The van der Waals surface area contributed by atoms with Crippen LogP contribution in [0.25, 0.3) is 0 Å². The number of nitrogens with one attached hydrogen (secondary N) is 1. The van der Waals surface area contributed by atoms with E-state index in [1.165, 1.54) is 5.56 Å². The Morgan fingerprint density at radius 2 is 1.71 bits per heavy atom. The van der Waals surface area contributed by atoms with Crippen molar-refractivity contribution in [2.24, 2.45) is 5.73 Å². The standard InChI is InChI=1S/C12H20N2O2S/c1-9(2)11-4-6-12(7-5-11)14-17(15,16)10(3)8-13/h4-7,9-10,14H,8,13H2,1-3H3. The summed E-state index contributed by atoms with van der Waals surface area (Å²) in [6.07, 6.45) is 0. The molecule has 0 aromatic heterocycles. The summed E-state index contributed by atoms with van der Waals surface area (Å²) in [5, 5.41) is -0.590.